The Hall–Kier alpha value is -0.360. The summed E-state index contributed by atoms with van der Waals surface area (Å²) in [4.78, 5) is 0. The Balaban J connectivity index is 1.85. The third kappa shape index (κ3) is 3.55. The third-order valence-corrected chi connectivity index (χ3v) is 3.87. The average molecular weight is 303 g/mol. The van der Waals surface area contributed by atoms with Gasteiger partial charge in [0.1, 0.15) is 5.76 Å². The normalized spacial score (nSPS) is 22.6. The van der Waals surface area contributed by atoms with Crippen LogP contribution < -0.4 is 11.3 Å². The maximum Gasteiger partial charge on any atom is 0.136 e. The molecule has 1 aromatic rings. The monoisotopic (exact) mass is 302 g/mol. The van der Waals surface area contributed by atoms with Crippen LogP contribution >= 0.6 is 15.9 Å². The molecule has 3 N–H and O–H groups in total. The molecule has 0 saturated carbocycles. The van der Waals surface area contributed by atoms with Crippen LogP contribution in [0.1, 0.15) is 43.9 Å². The van der Waals surface area contributed by atoms with Gasteiger partial charge in [0.25, 0.3) is 0 Å². The van der Waals surface area contributed by atoms with E-state index >= 15 is 0 Å². The summed E-state index contributed by atoms with van der Waals surface area (Å²) >= 11 is 3.45. The summed E-state index contributed by atoms with van der Waals surface area (Å²) in [5.41, 5.74) is 2.81. The first kappa shape index (κ1) is 13.1. The van der Waals surface area contributed by atoms with Crippen molar-refractivity contribution in [3.05, 3.63) is 22.6 Å². The molecular formula is C12H19BrN2O2. The number of nitrogens with two attached hydrogens (primary N) is 1. The highest BCUT2D eigenvalue weighted by molar-refractivity contribution is 9.10. The highest BCUT2D eigenvalue weighted by atomic mass is 79.9. The molecule has 0 aromatic carbocycles. The molecule has 0 amide bonds. The second kappa shape index (κ2) is 6.54. The zero-order chi connectivity index (χ0) is 12.1. The predicted molar refractivity (Wildman–Crippen MR) is 69.3 cm³/mol. The van der Waals surface area contributed by atoms with Crippen LogP contribution in [0.4, 0.5) is 0 Å². The molecule has 1 saturated heterocycles. The van der Waals surface area contributed by atoms with E-state index in [1.165, 1.54) is 12.8 Å². The Labute approximate surface area is 110 Å². The Morgan fingerprint density at radius 1 is 1.53 bits per heavy atom. The quantitative estimate of drug-likeness (QED) is 0.648. The van der Waals surface area contributed by atoms with Crippen molar-refractivity contribution in [1.82, 2.24) is 5.43 Å². The first-order chi connectivity index (χ1) is 8.31. The van der Waals surface area contributed by atoms with Crippen LogP contribution in [0.3, 0.4) is 0 Å². The van der Waals surface area contributed by atoms with Gasteiger partial charge in [0.05, 0.1) is 22.9 Å². The molecule has 0 aliphatic carbocycles. The van der Waals surface area contributed by atoms with E-state index in [1.54, 1.807) is 6.26 Å². The highest BCUT2D eigenvalue weighted by Gasteiger charge is 2.20. The molecule has 96 valence electrons. The summed E-state index contributed by atoms with van der Waals surface area (Å²) in [5, 5.41) is 0. The van der Waals surface area contributed by atoms with Crippen molar-refractivity contribution in [2.24, 2.45) is 5.84 Å². The Kier molecular flexibility index (Phi) is 5.03. The second-order valence-electron chi connectivity index (χ2n) is 4.42. The standard InChI is InChI=1S/C12H19BrN2O2/c13-10-6-8-17-12(10)11(15-14)5-4-9-3-1-2-7-16-9/h6,8-9,11,15H,1-5,7,14H2. The van der Waals surface area contributed by atoms with Gasteiger partial charge in [0.2, 0.25) is 0 Å². The summed E-state index contributed by atoms with van der Waals surface area (Å²) < 4.78 is 12.1. The molecule has 17 heavy (non-hydrogen) atoms. The van der Waals surface area contributed by atoms with Crippen molar-refractivity contribution < 1.29 is 9.15 Å². The molecule has 1 fully saturated rings. The Morgan fingerprint density at radius 3 is 3.00 bits per heavy atom. The smallest absolute Gasteiger partial charge is 0.136 e. The van der Waals surface area contributed by atoms with E-state index in [2.05, 4.69) is 21.4 Å². The summed E-state index contributed by atoms with van der Waals surface area (Å²) in [6.07, 6.45) is 7.62. The summed E-state index contributed by atoms with van der Waals surface area (Å²) in [5.74, 6) is 6.44. The van der Waals surface area contributed by atoms with Crippen molar-refractivity contribution >= 4 is 15.9 Å². The minimum atomic E-state index is 0.0462. The first-order valence-electron chi connectivity index (χ1n) is 6.12. The van der Waals surface area contributed by atoms with Crippen molar-refractivity contribution in [3.8, 4) is 0 Å². The lowest BCUT2D eigenvalue weighted by Crippen LogP contribution is -2.29. The van der Waals surface area contributed by atoms with E-state index < -0.39 is 0 Å². The zero-order valence-corrected chi connectivity index (χ0v) is 11.4. The van der Waals surface area contributed by atoms with Gasteiger partial charge in [-0.2, -0.15) is 0 Å². The fourth-order valence-corrected chi connectivity index (χ4v) is 2.71. The van der Waals surface area contributed by atoms with Crippen LogP contribution in [0, 0.1) is 0 Å². The van der Waals surface area contributed by atoms with Crippen molar-refractivity contribution in [1.29, 1.82) is 0 Å². The van der Waals surface area contributed by atoms with Crippen molar-refractivity contribution in [2.75, 3.05) is 6.61 Å². The Morgan fingerprint density at radius 2 is 2.41 bits per heavy atom. The number of ether oxygens (including phenoxy) is 1. The van der Waals surface area contributed by atoms with Crippen molar-refractivity contribution in [3.63, 3.8) is 0 Å². The van der Waals surface area contributed by atoms with Gasteiger partial charge in [0, 0.05) is 6.61 Å². The number of furan rings is 1. The lowest BCUT2D eigenvalue weighted by Gasteiger charge is -2.24. The van der Waals surface area contributed by atoms with Crippen LogP contribution in [0.25, 0.3) is 0 Å². The van der Waals surface area contributed by atoms with E-state index in [9.17, 15) is 0 Å². The maximum absolute atomic E-state index is 5.71. The van der Waals surface area contributed by atoms with Gasteiger partial charge < -0.3 is 9.15 Å². The van der Waals surface area contributed by atoms with Crippen LogP contribution in [0.2, 0.25) is 0 Å². The van der Waals surface area contributed by atoms with Crippen molar-refractivity contribution in [2.45, 2.75) is 44.2 Å². The third-order valence-electron chi connectivity index (χ3n) is 3.21. The molecule has 0 radical (unpaired) electrons. The lowest BCUT2D eigenvalue weighted by atomic mass is 10.0. The van der Waals surface area contributed by atoms with Crippen LogP contribution in [0.15, 0.2) is 21.2 Å². The number of hydrazine groups is 1. The average Bonchev–Trinajstić information content (AvgIpc) is 2.78. The van der Waals surface area contributed by atoms with Gasteiger partial charge in [-0.15, -0.1) is 0 Å². The molecule has 4 nitrogen and oxygen atoms in total. The summed E-state index contributed by atoms with van der Waals surface area (Å²) in [6, 6.07) is 1.93. The van der Waals surface area contributed by atoms with E-state index in [0.29, 0.717) is 6.10 Å². The van der Waals surface area contributed by atoms with Gasteiger partial charge >= 0.3 is 0 Å². The van der Waals surface area contributed by atoms with E-state index in [0.717, 1.165) is 36.1 Å². The predicted octanol–water partition coefficient (Wildman–Crippen LogP) is 2.90. The van der Waals surface area contributed by atoms with E-state index in [-0.39, 0.29) is 6.04 Å². The molecule has 2 unspecified atom stereocenters. The summed E-state index contributed by atoms with van der Waals surface area (Å²) in [7, 11) is 0. The van der Waals surface area contributed by atoms with Gasteiger partial charge in [-0.05, 0) is 54.1 Å². The summed E-state index contributed by atoms with van der Waals surface area (Å²) in [6.45, 7) is 0.899. The minimum absolute atomic E-state index is 0.0462. The molecule has 0 bridgehead atoms. The van der Waals surface area contributed by atoms with E-state index in [1.807, 2.05) is 6.07 Å². The van der Waals surface area contributed by atoms with Gasteiger partial charge in [-0.3, -0.25) is 5.84 Å². The number of hydrogen-bond acceptors (Lipinski definition) is 4. The van der Waals surface area contributed by atoms with Gasteiger partial charge in [-0.1, -0.05) is 0 Å². The molecule has 1 aromatic heterocycles. The van der Waals surface area contributed by atoms with Crippen LogP contribution in [-0.4, -0.2) is 12.7 Å². The molecule has 0 spiro atoms. The number of rotatable bonds is 5. The van der Waals surface area contributed by atoms with Gasteiger partial charge in [-0.25, -0.2) is 5.43 Å². The minimum Gasteiger partial charge on any atom is -0.466 e. The fourth-order valence-electron chi connectivity index (χ4n) is 2.23. The topological polar surface area (TPSA) is 60.4 Å². The lowest BCUT2D eigenvalue weighted by molar-refractivity contribution is 0.00819. The highest BCUT2D eigenvalue weighted by Crippen LogP contribution is 2.28. The zero-order valence-electron chi connectivity index (χ0n) is 9.82. The SMILES string of the molecule is NNC(CCC1CCCCO1)c1occc1Br. The Bertz CT molecular complexity index is 337. The second-order valence-corrected chi connectivity index (χ2v) is 5.27. The molecular weight excluding hydrogens is 284 g/mol. The number of nitrogens with one attached hydrogen (secondary N) is 1. The molecule has 2 rings (SSSR count). The largest absolute Gasteiger partial charge is 0.466 e. The number of hydrogen-bond donors (Lipinski definition) is 2. The van der Waals surface area contributed by atoms with Crippen LogP contribution in [0.5, 0.6) is 0 Å². The molecule has 1 aliphatic heterocycles. The van der Waals surface area contributed by atoms with Gasteiger partial charge in [0.15, 0.2) is 0 Å². The molecule has 2 atom stereocenters. The number of halogens is 1. The maximum atomic E-state index is 5.71. The first-order valence-corrected chi connectivity index (χ1v) is 6.91. The molecule has 2 heterocycles. The fraction of sp³-hybridized carbons (Fsp3) is 0.667. The molecule has 1 aliphatic rings. The molecule has 5 heteroatoms. The van der Waals surface area contributed by atoms with Crippen LogP contribution in [-0.2, 0) is 4.74 Å². The van der Waals surface area contributed by atoms with E-state index in [4.69, 9.17) is 15.0 Å².